The van der Waals surface area contributed by atoms with Crippen LogP contribution in [0.4, 0.5) is 5.69 Å². The molecule has 0 saturated carbocycles. The Hall–Kier alpha value is -1.11. The predicted molar refractivity (Wildman–Crippen MR) is 87.8 cm³/mol. The number of rotatable bonds is 11. The molecule has 2 N–H and O–H groups in total. The van der Waals surface area contributed by atoms with Crippen LogP contribution in [0.5, 0.6) is 0 Å². The first-order valence-corrected chi connectivity index (χ1v) is 8.66. The fourth-order valence-corrected chi connectivity index (χ4v) is 2.52. The van der Waals surface area contributed by atoms with Crippen LogP contribution in [0, 0.1) is 10.1 Å². The van der Waals surface area contributed by atoms with Crippen LogP contribution in [0.25, 0.3) is 0 Å². The maximum Gasteiger partial charge on any atom is 0.269 e. The highest BCUT2D eigenvalue weighted by Crippen LogP contribution is 2.17. The summed E-state index contributed by atoms with van der Waals surface area (Å²) in [5, 5.41) is 23.8. The number of aliphatic hydroxyl groups is 1. The topological polar surface area (TPSA) is 75.4 Å². The number of nitrogens with one attached hydrogen (secondary N) is 1. The number of nitro benzene ring substituents is 1. The molecule has 6 heteroatoms. The van der Waals surface area contributed by atoms with Gasteiger partial charge < -0.3 is 10.4 Å². The highest BCUT2D eigenvalue weighted by molar-refractivity contribution is 7.98. The zero-order valence-corrected chi connectivity index (χ0v) is 13.3. The van der Waals surface area contributed by atoms with Gasteiger partial charge in [0.25, 0.3) is 5.69 Å². The van der Waals surface area contributed by atoms with E-state index in [2.05, 4.69) is 11.6 Å². The average Bonchev–Trinajstić information content (AvgIpc) is 2.49. The molecule has 118 valence electrons. The third kappa shape index (κ3) is 7.45. The van der Waals surface area contributed by atoms with Crippen LogP contribution >= 0.6 is 11.8 Å². The van der Waals surface area contributed by atoms with E-state index in [1.54, 1.807) is 12.1 Å². The second kappa shape index (κ2) is 10.6. The first kappa shape index (κ1) is 17.9. The zero-order valence-electron chi connectivity index (χ0n) is 12.5. The second-order valence-electron chi connectivity index (χ2n) is 4.98. The van der Waals surface area contributed by atoms with E-state index in [0.717, 1.165) is 13.0 Å². The van der Waals surface area contributed by atoms with Crippen LogP contribution < -0.4 is 5.32 Å². The van der Waals surface area contributed by atoms with Crippen molar-refractivity contribution in [3.8, 4) is 0 Å². The maximum atomic E-state index is 10.5. The largest absolute Gasteiger partial charge is 0.387 e. The fraction of sp³-hybridized carbons (Fsp3) is 0.600. The van der Waals surface area contributed by atoms with E-state index in [0.29, 0.717) is 12.1 Å². The SMILES string of the molecule is CSCCCCCCNCC(O)c1ccc([N+](=O)[O-])cc1. The number of thioether (sulfide) groups is 1. The van der Waals surface area contributed by atoms with Gasteiger partial charge >= 0.3 is 0 Å². The zero-order chi connectivity index (χ0) is 15.5. The third-order valence-electron chi connectivity index (χ3n) is 3.28. The van der Waals surface area contributed by atoms with Gasteiger partial charge in [0.1, 0.15) is 0 Å². The lowest BCUT2D eigenvalue weighted by atomic mass is 10.1. The molecule has 0 aromatic heterocycles. The minimum Gasteiger partial charge on any atom is -0.387 e. The first-order chi connectivity index (χ1) is 10.1. The van der Waals surface area contributed by atoms with E-state index in [-0.39, 0.29) is 5.69 Å². The summed E-state index contributed by atoms with van der Waals surface area (Å²) in [6.07, 6.45) is 6.35. The highest BCUT2D eigenvalue weighted by Gasteiger charge is 2.09. The molecule has 1 aromatic rings. The monoisotopic (exact) mass is 312 g/mol. The van der Waals surface area contributed by atoms with Crippen LogP contribution in [0.3, 0.4) is 0 Å². The predicted octanol–water partition coefficient (Wildman–Crippen LogP) is 3.14. The van der Waals surface area contributed by atoms with Crippen LogP contribution in [0.15, 0.2) is 24.3 Å². The number of benzene rings is 1. The number of aliphatic hydroxyl groups excluding tert-OH is 1. The van der Waals surface area contributed by atoms with Crippen molar-refractivity contribution in [2.45, 2.75) is 31.8 Å². The van der Waals surface area contributed by atoms with Crippen molar-refractivity contribution in [1.82, 2.24) is 5.32 Å². The molecule has 1 rings (SSSR count). The molecule has 0 heterocycles. The van der Waals surface area contributed by atoms with Crippen molar-refractivity contribution in [2.24, 2.45) is 0 Å². The van der Waals surface area contributed by atoms with Crippen LogP contribution in [0.2, 0.25) is 0 Å². The molecular weight excluding hydrogens is 288 g/mol. The Morgan fingerprint density at radius 3 is 2.52 bits per heavy atom. The summed E-state index contributed by atoms with van der Waals surface area (Å²) in [6.45, 7) is 1.37. The molecule has 1 atom stereocenters. The van der Waals surface area contributed by atoms with Gasteiger partial charge in [0, 0.05) is 18.7 Å². The van der Waals surface area contributed by atoms with E-state index in [4.69, 9.17) is 0 Å². The van der Waals surface area contributed by atoms with Gasteiger partial charge in [0.2, 0.25) is 0 Å². The molecule has 21 heavy (non-hydrogen) atoms. The average molecular weight is 312 g/mol. The lowest BCUT2D eigenvalue weighted by molar-refractivity contribution is -0.384. The number of hydrogen-bond acceptors (Lipinski definition) is 5. The molecular formula is C15H24N2O3S. The molecule has 0 amide bonds. The van der Waals surface area contributed by atoms with E-state index in [1.807, 2.05) is 11.8 Å². The maximum absolute atomic E-state index is 10.5. The Morgan fingerprint density at radius 2 is 1.90 bits per heavy atom. The Balaban J connectivity index is 2.15. The number of nitrogens with zero attached hydrogens (tertiary/aromatic N) is 1. The first-order valence-electron chi connectivity index (χ1n) is 7.27. The van der Waals surface area contributed by atoms with Crippen LogP contribution in [0.1, 0.15) is 37.4 Å². The van der Waals surface area contributed by atoms with Gasteiger partial charge in [0.15, 0.2) is 0 Å². The van der Waals surface area contributed by atoms with Gasteiger partial charge in [-0.1, -0.05) is 12.8 Å². The van der Waals surface area contributed by atoms with Crippen molar-refractivity contribution in [3.63, 3.8) is 0 Å². The standard InChI is InChI=1S/C15H24N2O3S/c1-21-11-5-3-2-4-10-16-12-15(18)13-6-8-14(9-7-13)17(19)20/h6-9,15-16,18H,2-5,10-12H2,1H3. The lowest BCUT2D eigenvalue weighted by Gasteiger charge is -2.12. The molecule has 0 bridgehead atoms. The second-order valence-corrected chi connectivity index (χ2v) is 5.96. The summed E-state index contributed by atoms with van der Waals surface area (Å²) < 4.78 is 0. The Labute approximate surface area is 130 Å². The van der Waals surface area contributed by atoms with Crippen molar-refractivity contribution in [3.05, 3.63) is 39.9 Å². The van der Waals surface area contributed by atoms with E-state index in [9.17, 15) is 15.2 Å². The third-order valence-corrected chi connectivity index (χ3v) is 3.98. The van der Waals surface area contributed by atoms with Gasteiger partial charge in [-0.15, -0.1) is 0 Å². The summed E-state index contributed by atoms with van der Waals surface area (Å²) in [5.74, 6) is 1.23. The molecule has 1 unspecified atom stereocenters. The van der Waals surface area contributed by atoms with Crippen molar-refractivity contribution in [2.75, 3.05) is 25.1 Å². The molecule has 0 radical (unpaired) electrons. The van der Waals surface area contributed by atoms with Gasteiger partial charge in [-0.3, -0.25) is 10.1 Å². The summed E-state index contributed by atoms with van der Waals surface area (Å²) >= 11 is 1.88. The highest BCUT2D eigenvalue weighted by atomic mass is 32.2. The smallest absolute Gasteiger partial charge is 0.269 e. The summed E-state index contributed by atoms with van der Waals surface area (Å²) in [6, 6.07) is 6.05. The lowest BCUT2D eigenvalue weighted by Crippen LogP contribution is -2.22. The van der Waals surface area contributed by atoms with Gasteiger partial charge in [0.05, 0.1) is 11.0 Å². The summed E-state index contributed by atoms with van der Waals surface area (Å²) in [4.78, 5) is 10.1. The number of unbranched alkanes of at least 4 members (excludes halogenated alkanes) is 3. The molecule has 0 aliphatic carbocycles. The van der Waals surface area contributed by atoms with Crippen molar-refractivity contribution in [1.29, 1.82) is 0 Å². The Morgan fingerprint density at radius 1 is 1.24 bits per heavy atom. The molecule has 5 nitrogen and oxygen atoms in total. The van der Waals surface area contributed by atoms with Crippen LogP contribution in [-0.4, -0.2) is 35.1 Å². The van der Waals surface area contributed by atoms with Gasteiger partial charge in [-0.05, 0) is 49.1 Å². The minimum absolute atomic E-state index is 0.0455. The molecule has 0 fully saturated rings. The van der Waals surface area contributed by atoms with E-state index < -0.39 is 11.0 Å². The van der Waals surface area contributed by atoms with E-state index >= 15 is 0 Å². The normalized spacial score (nSPS) is 12.3. The molecule has 0 spiro atoms. The molecule has 1 aromatic carbocycles. The van der Waals surface area contributed by atoms with Gasteiger partial charge in [-0.2, -0.15) is 11.8 Å². The minimum atomic E-state index is -0.623. The van der Waals surface area contributed by atoms with Crippen LogP contribution in [-0.2, 0) is 0 Å². The van der Waals surface area contributed by atoms with E-state index in [1.165, 1.54) is 37.1 Å². The number of non-ortho nitro benzene ring substituents is 1. The molecule has 0 aliphatic heterocycles. The Bertz CT molecular complexity index is 412. The summed E-state index contributed by atoms with van der Waals surface area (Å²) in [5.41, 5.74) is 0.747. The summed E-state index contributed by atoms with van der Waals surface area (Å²) in [7, 11) is 0. The molecule has 0 saturated heterocycles. The quantitative estimate of drug-likeness (QED) is 0.373. The molecule has 0 aliphatic rings. The van der Waals surface area contributed by atoms with Gasteiger partial charge in [-0.25, -0.2) is 0 Å². The number of hydrogen-bond donors (Lipinski definition) is 2. The number of nitro groups is 1. The fourth-order valence-electron chi connectivity index (χ4n) is 2.02. The van der Waals surface area contributed by atoms with Crippen molar-refractivity contribution >= 4 is 17.4 Å². The Kier molecular flexibility index (Phi) is 9.05. The van der Waals surface area contributed by atoms with Crippen molar-refractivity contribution < 1.29 is 10.0 Å².